The number of carbonyl (C=O) groups excluding carboxylic acids is 1. The fraction of sp³-hybridized carbons (Fsp3) is 0.409. The smallest absolute Gasteiger partial charge is 0.267 e. The lowest BCUT2D eigenvalue weighted by molar-refractivity contribution is -0.124. The van der Waals surface area contributed by atoms with Gasteiger partial charge in [0.2, 0.25) is 5.13 Å². The van der Waals surface area contributed by atoms with Crippen LogP contribution in [0.5, 0.6) is 0 Å². The third kappa shape index (κ3) is 4.23. The molecular weight excluding hydrogens is 386 g/mol. The quantitative estimate of drug-likeness (QED) is 0.562. The molecule has 2 fully saturated rings. The zero-order valence-corrected chi connectivity index (χ0v) is 17.9. The number of aliphatic imine (C=N–C) groups is 1. The molecule has 2 heterocycles. The van der Waals surface area contributed by atoms with Crippen molar-refractivity contribution in [3.05, 3.63) is 51.9 Å². The molecule has 1 aromatic heterocycles. The average Bonchev–Trinajstić information content (AvgIpc) is 3.31. The Balaban J connectivity index is 1.64. The molecule has 2 aliphatic rings. The molecule has 1 aliphatic carbocycles. The number of rotatable bonds is 4. The molecule has 1 aromatic carbocycles. The molecular formula is C22H25N3OS2. The standard InChI is InChI=1S/C22H25N3OS2/c1-15(2)17-10-8-16(9-11-17)14-19-20(26)25(18-6-4-3-5-7-18)22(28-19)24-21-23-12-13-27-21/h8-15,18H,3-7H2,1-2H3/b19-14-,24-22+. The molecule has 0 radical (unpaired) electrons. The summed E-state index contributed by atoms with van der Waals surface area (Å²) in [5.41, 5.74) is 2.36. The van der Waals surface area contributed by atoms with Crippen molar-refractivity contribution in [2.45, 2.75) is 57.9 Å². The number of thiazole rings is 1. The van der Waals surface area contributed by atoms with Gasteiger partial charge in [-0.05, 0) is 47.7 Å². The van der Waals surface area contributed by atoms with E-state index in [1.54, 1.807) is 6.20 Å². The second kappa shape index (κ2) is 8.62. The van der Waals surface area contributed by atoms with Gasteiger partial charge in [0.05, 0.1) is 4.91 Å². The first kappa shape index (κ1) is 19.4. The van der Waals surface area contributed by atoms with Gasteiger partial charge in [-0.1, -0.05) is 57.4 Å². The molecule has 1 amide bonds. The summed E-state index contributed by atoms with van der Waals surface area (Å²) in [6, 6.07) is 8.73. The maximum atomic E-state index is 13.3. The van der Waals surface area contributed by atoms with Crippen LogP contribution in [0.1, 0.15) is 63.0 Å². The molecule has 0 unspecified atom stereocenters. The fourth-order valence-corrected chi connectivity index (χ4v) is 5.31. The number of amides is 1. The van der Waals surface area contributed by atoms with Crippen molar-refractivity contribution in [1.29, 1.82) is 0 Å². The zero-order chi connectivity index (χ0) is 19.5. The van der Waals surface area contributed by atoms with Crippen molar-refractivity contribution in [2.24, 2.45) is 4.99 Å². The van der Waals surface area contributed by atoms with E-state index in [1.165, 1.54) is 47.9 Å². The van der Waals surface area contributed by atoms with Crippen molar-refractivity contribution in [2.75, 3.05) is 0 Å². The monoisotopic (exact) mass is 411 g/mol. The maximum Gasteiger partial charge on any atom is 0.267 e. The molecule has 1 saturated carbocycles. The molecule has 0 bridgehead atoms. The minimum Gasteiger partial charge on any atom is -0.283 e. The fourth-order valence-electron chi connectivity index (χ4n) is 3.71. The van der Waals surface area contributed by atoms with E-state index in [2.05, 4.69) is 43.1 Å². The Morgan fingerprint density at radius 1 is 1.18 bits per heavy atom. The summed E-state index contributed by atoms with van der Waals surface area (Å²) in [6.07, 6.45) is 9.48. The van der Waals surface area contributed by atoms with Gasteiger partial charge in [0.25, 0.3) is 5.91 Å². The minimum atomic E-state index is 0.0835. The van der Waals surface area contributed by atoms with Crippen LogP contribution in [-0.2, 0) is 4.79 Å². The Kier molecular flexibility index (Phi) is 5.97. The minimum absolute atomic E-state index is 0.0835. The van der Waals surface area contributed by atoms with Crippen LogP contribution in [-0.4, -0.2) is 27.0 Å². The third-order valence-electron chi connectivity index (χ3n) is 5.29. The van der Waals surface area contributed by atoms with Gasteiger partial charge in [-0.15, -0.1) is 11.3 Å². The van der Waals surface area contributed by atoms with Crippen LogP contribution in [0.3, 0.4) is 0 Å². The van der Waals surface area contributed by atoms with E-state index in [9.17, 15) is 4.79 Å². The largest absolute Gasteiger partial charge is 0.283 e. The molecule has 4 rings (SSSR count). The molecule has 28 heavy (non-hydrogen) atoms. The lowest BCUT2D eigenvalue weighted by atomic mass is 9.94. The van der Waals surface area contributed by atoms with E-state index >= 15 is 0 Å². The highest BCUT2D eigenvalue weighted by molar-refractivity contribution is 8.18. The predicted molar refractivity (Wildman–Crippen MR) is 119 cm³/mol. The van der Waals surface area contributed by atoms with Gasteiger partial charge in [0, 0.05) is 17.6 Å². The van der Waals surface area contributed by atoms with Crippen LogP contribution in [0.4, 0.5) is 5.13 Å². The predicted octanol–water partition coefficient (Wildman–Crippen LogP) is 6.20. The van der Waals surface area contributed by atoms with Crippen LogP contribution in [0, 0.1) is 0 Å². The SMILES string of the molecule is CC(C)c1ccc(/C=C2\S/C(=N/c3nccs3)N(C3CCCCC3)C2=O)cc1. The first-order chi connectivity index (χ1) is 13.6. The molecule has 0 N–H and O–H groups in total. The number of aromatic nitrogens is 1. The van der Waals surface area contributed by atoms with Crippen LogP contribution >= 0.6 is 23.1 Å². The van der Waals surface area contributed by atoms with E-state index in [4.69, 9.17) is 4.99 Å². The van der Waals surface area contributed by atoms with E-state index < -0.39 is 0 Å². The topological polar surface area (TPSA) is 45.6 Å². The van der Waals surface area contributed by atoms with Crippen LogP contribution in [0.15, 0.2) is 45.7 Å². The van der Waals surface area contributed by atoms with Crippen LogP contribution < -0.4 is 0 Å². The lowest BCUT2D eigenvalue weighted by Crippen LogP contribution is -2.40. The lowest BCUT2D eigenvalue weighted by Gasteiger charge is -2.30. The number of benzene rings is 1. The van der Waals surface area contributed by atoms with Crippen molar-refractivity contribution < 1.29 is 4.79 Å². The van der Waals surface area contributed by atoms with Crippen molar-refractivity contribution in [3.8, 4) is 0 Å². The van der Waals surface area contributed by atoms with Gasteiger partial charge in [-0.2, -0.15) is 4.99 Å². The Morgan fingerprint density at radius 2 is 1.93 bits per heavy atom. The molecule has 0 spiro atoms. The van der Waals surface area contributed by atoms with E-state index in [-0.39, 0.29) is 11.9 Å². The van der Waals surface area contributed by atoms with E-state index in [0.29, 0.717) is 11.0 Å². The van der Waals surface area contributed by atoms with E-state index in [0.717, 1.165) is 28.5 Å². The molecule has 4 nitrogen and oxygen atoms in total. The Labute approximate surface area is 174 Å². The summed E-state index contributed by atoms with van der Waals surface area (Å²) in [4.78, 5) is 24.9. The van der Waals surface area contributed by atoms with Crippen molar-refractivity contribution >= 4 is 45.4 Å². The summed E-state index contributed by atoms with van der Waals surface area (Å²) < 4.78 is 0. The second-order valence-electron chi connectivity index (χ2n) is 7.61. The number of thioether (sulfide) groups is 1. The van der Waals surface area contributed by atoms with Crippen LogP contribution in [0.25, 0.3) is 6.08 Å². The average molecular weight is 412 g/mol. The Bertz CT molecular complexity index is 879. The first-order valence-electron chi connectivity index (χ1n) is 9.93. The van der Waals surface area contributed by atoms with Gasteiger partial charge in [0.15, 0.2) is 5.17 Å². The summed E-state index contributed by atoms with van der Waals surface area (Å²) in [5, 5.41) is 3.40. The van der Waals surface area contributed by atoms with Gasteiger partial charge in [-0.25, -0.2) is 4.98 Å². The molecule has 1 saturated heterocycles. The van der Waals surface area contributed by atoms with Crippen LogP contribution in [0.2, 0.25) is 0 Å². The van der Waals surface area contributed by atoms with Gasteiger partial charge in [-0.3, -0.25) is 9.69 Å². The molecule has 146 valence electrons. The Hall–Kier alpha value is -1.92. The normalized spacial score (nSPS) is 21.4. The Morgan fingerprint density at radius 3 is 2.57 bits per heavy atom. The van der Waals surface area contributed by atoms with Gasteiger partial charge >= 0.3 is 0 Å². The first-order valence-corrected chi connectivity index (χ1v) is 11.6. The number of hydrogen-bond acceptors (Lipinski definition) is 5. The summed E-state index contributed by atoms with van der Waals surface area (Å²) >= 11 is 2.98. The molecule has 2 aromatic rings. The third-order valence-corrected chi connectivity index (χ3v) is 6.94. The maximum absolute atomic E-state index is 13.3. The van der Waals surface area contributed by atoms with E-state index in [1.807, 2.05) is 16.4 Å². The van der Waals surface area contributed by atoms with Crippen molar-refractivity contribution in [3.63, 3.8) is 0 Å². The van der Waals surface area contributed by atoms with Crippen molar-refractivity contribution in [1.82, 2.24) is 9.88 Å². The number of hydrogen-bond donors (Lipinski definition) is 0. The summed E-state index contributed by atoms with van der Waals surface area (Å²) in [7, 11) is 0. The highest BCUT2D eigenvalue weighted by Gasteiger charge is 2.38. The van der Waals surface area contributed by atoms with Gasteiger partial charge < -0.3 is 0 Å². The number of amidine groups is 1. The highest BCUT2D eigenvalue weighted by Crippen LogP contribution is 2.38. The highest BCUT2D eigenvalue weighted by atomic mass is 32.2. The zero-order valence-electron chi connectivity index (χ0n) is 16.3. The second-order valence-corrected chi connectivity index (χ2v) is 9.49. The molecule has 6 heteroatoms. The number of carbonyl (C=O) groups is 1. The molecule has 0 atom stereocenters. The number of nitrogens with zero attached hydrogens (tertiary/aromatic N) is 3. The van der Waals surface area contributed by atoms with Gasteiger partial charge in [0.1, 0.15) is 0 Å². The summed E-state index contributed by atoms with van der Waals surface area (Å²) in [6.45, 7) is 4.38. The summed E-state index contributed by atoms with van der Waals surface area (Å²) in [5.74, 6) is 0.586. The molecule has 1 aliphatic heterocycles.